The van der Waals surface area contributed by atoms with Crippen LogP contribution in [0.1, 0.15) is 42.4 Å². The van der Waals surface area contributed by atoms with Crippen molar-refractivity contribution >= 4 is 11.6 Å². The Balaban J connectivity index is 2.17. The van der Waals surface area contributed by atoms with Gasteiger partial charge in [0.2, 0.25) is 0 Å². The normalized spacial score (nSPS) is 11.6. The Morgan fingerprint density at radius 3 is 2.64 bits per heavy atom. The Morgan fingerprint density at radius 1 is 1.28 bits per heavy atom. The van der Waals surface area contributed by atoms with E-state index in [1.807, 2.05) is 19.1 Å². The van der Waals surface area contributed by atoms with Crippen LogP contribution < -0.4 is 15.1 Å². The van der Waals surface area contributed by atoms with Crippen LogP contribution in [0.4, 0.5) is 0 Å². The molecule has 0 spiro atoms. The average molecular weight is 343 g/mol. The number of aromatic amines is 1. The summed E-state index contributed by atoms with van der Waals surface area (Å²) in [5, 5.41) is 4.22. The van der Waals surface area contributed by atoms with Gasteiger partial charge in [-0.1, -0.05) is 0 Å². The lowest BCUT2D eigenvalue weighted by molar-refractivity contribution is -0.910. The summed E-state index contributed by atoms with van der Waals surface area (Å²) in [6, 6.07) is 9.48. The molecule has 1 aromatic carbocycles. The number of hydrazone groups is 1. The van der Waals surface area contributed by atoms with Crippen LogP contribution in [-0.2, 0) is 6.54 Å². The van der Waals surface area contributed by atoms with Crippen LogP contribution in [0.15, 0.2) is 41.6 Å². The summed E-state index contributed by atoms with van der Waals surface area (Å²) in [5.74, 6) is 0.622. The van der Waals surface area contributed by atoms with Gasteiger partial charge in [-0.05, 0) is 56.7 Å². The SMILES string of the molecule is CC[NH+](CC)Cc1cc(/C(C)=N\NC(=O)c2ccc[nH]2)ccc1OC. The number of rotatable bonds is 8. The number of nitrogens with zero attached hydrogens (tertiary/aromatic N) is 1. The van der Waals surface area contributed by atoms with Crippen molar-refractivity contribution in [3.8, 4) is 5.75 Å². The summed E-state index contributed by atoms with van der Waals surface area (Å²) < 4.78 is 5.49. The fraction of sp³-hybridized carbons (Fsp3) is 0.368. The largest absolute Gasteiger partial charge is 0.496 e. The minimum atomic E-state index is -0.259. The van der Waals surface area contributed by atoms with Crippen molar-refractivity contribution in [2.75, 3.05) is 20.2 Å². The number of amides is 1. The van der Waals surface area contributed by atoms with Gasteiger partial charge in [-0.15, -0.1) is 0 Å². The first-order valence-corrected chi connectivity index (χ1v) is 8.57. The zero-order valence-electron chi connectivity index (χ0n) is 15.3. The first-order chi connectivity index (χ1) is 12.1. The number of nitrogens with one attached hydrogen (secondary N) is 3. The highest BCUT2D eigenvalue weighted by Gasteiger charge is 2.12. The number of hydrogen-bond acceptors (Lipinski definition) is 3. The summed E-state index contributed by atoms with van der Waals surface area (Å²) in [7, 11) is 1.69. The number of methoxy groups -OCH3 is 1. The van der Waals surface area contributed by atoms with Crippen LogP contribution >= 0.6 is 0 Å². The fourth-order valence-electron chi connectivity index (χ4n) is 2.64. The number of quaternary nitrogens is 1. The predicted octanol–water partition coefficient (Wildman–Crippen LogP) is 1.60. The third-order valence-electron chi connectivity index (χ3n) is 4.31. The van der Waals surface area contributed by atoms with Gasteiger partial charge in [0.05, 0.1) is 25.9 Å². The zero-order valence-corrected chi connectivity index (χ0v) is 15.3. The molecule has 0 fully saturated rings. The van der Waals surface area contributed by atoms with Gasteiger partial charge in [0.25, 0.3) is 5.91 Å². The average Bonchev–Trinajstić information content (AvgIpc) is 3.18. The van der Waals surface area contributed by atoms with Crippen LogP contribution in [0.2, 0.25) is 0 Å². The number of H-pyrrole nitrogens is 1. The number of hydrogen-bond donors (Lipinski definition) is 3. The van der Waals surface area contributed by atoms with Crippen LogP contribution in [0, 0.1) is 0 Å². The summed E-state index contributed by atoms with van der Waals surface area (Å²) in [5.41, 5.74) is 5.92. The third-order valence-corrected chi connectivity index (χ3v) is 4.31. The second-order valence-electron chi connectivity index (χ2n) is 5.88. The van der Waals surface area contributed by atoms with Crippen molar-refractivity contribution in [3.05, 3.63) is 53.3 Å². The molecular weight excluding hydrogens is 316 g/mol. The van der Waals surface area contributed by atoms with Crippen LogP contribution in [0.5, 0.6) is 5.75 Å². The molecule has 0 radical (unpaired) electrons. The molecule has 6 nitrogen and oxygen atoms in total. The van der Waals surface area contributed by atoms with Gasteiger partial charge in [0, 0.05) is 11.8 Å². The van der Waals surface area contributed by atoms with Crippen molar-refractivity contribution in [2.45, 2.75) is 27.3 Å². The molecule has 2 rings (SSSR count). The molecule has 25 heavy (non-hydrogen) atoms. The minimum absolute atomic E-state index is 0.259. The highest BCUT2D eigenvalue weighted by molar-refractivity contribution is 6.00. The molecule has 0 aliphatic carbocycles. The van der Waals surface area contributed by atoms with E-state index in [0.717, 1.165) is 42.2 Å². The van der Waals surface area contributed by atoms with Gasteiger partial charge < -0.3 is 14.6 Å². The molecule has 0 saturated carbocycles. The van der Waals surface area contributed by atoms with Gasteiger partial charge in [-0.3, -0.25) is 4.79 Å². The Kier molecular flexibility index (Phi) is 6.77. The molecule has 6 heteroatoms. The zero-order chi connectivity index (χ0) is 18.2. The van der Waals surface area contributed by atoms with Crippen molar-refractivity contribution in [2.24, 2.45) is 5.10 Å². The van der Waals surface area contributed by atoms with Crippen LogP contribution in [0.3, 0.4) is 0 Å². The molecular formula is C19H27N4O2+. The molecule has 0 aliphatic heterocycles. The molecule has 134 valence electrons. The summed E-state index contributed by atoms with van der Waals surface area (Å²) >= 11 is 0. The summed E-state index contributed by atoms with van der Waals surface area (Å²) in [6.07, 6.45) is 1.71. The van der Waals surface area contributed by atoms with Crippen molar-refractivity contribution in [1.29, 1.82) is 0 Å². The highest BCUT2D eigenvalue weighted by Crippen LogP contribution is 2.19. The minimum Gasteiger partial charge on any atom is -0.496 e. The van der Waals surface area contributed by atoms with E-state index in [1.165, 1.54) is 4.90 Å². The van der Waals surface area contributed by atoms with E-state index >= 15 is 0 Å². The second-order valence-corrected chi connectivity index (χ2v) is 5.88. The Labute approximate surface area is 148 Å². The van der Waals surface area contributed by atoms with Gasteiger partial charge in [0.1, 0.15) is 18.0 Å². The number of aromatic nitrogens is 1. The molecule has 1 amide bonds. The van der Waals surface area contributed by atoms with Crippen molar-refractivity contribution in [3.63, 3.8) is 0 Å². The molecule has 1 aromatic heterocycles. The molecule has 2 aromatic rings. The number of benzene rings is 1. The lowest BCUT2D eigenvalue weighted by Crippen LogP contribution is -3.10. The topological polar surface area (TPSA) is 70.9 Å². The number of ether oxygens (including phenoxy) is 1. The standard InChI is InChI=1S/C19H26N4O2/c1-5-23(6-2)13-16-12-15(9-10-18(16)25-4)14(3)21-22-19(24)17-8-7-11-20-17/h7-12,20H,5-6,13H2,1-4H3,(H,22,24)/p+1/b21-14-. The van der Waals surface area contributed by atoms with Gasteiger partial charge in [-0.2, -0.15) is 5.10 Å². The maximum absolute atomic E-state index is 12.0. The second kappa shape index (κ2) is 9.03. The molecule has 0 unspecified atom stereocenters. The molecule has 0 aliphatic rings. The van der Waals surface area contributed by atoms with E-state index in [9.17, 15) is 4.79 Å². The molecule has 0 atom stereocenters. The Morgan fingerprint density at radius 2 is 2.04 bits per heavy atom. The van der Waals surface area contributed by atoms with Gasteiger partial charge in [0.15, 0.2) is 0 Å². The van der Waals surface area contributed by atoms with E-state index in [1.54, 1.807) is 25.4 Å². The molecule has 0 bridgehead atoms. The first-order valence-electron chi connectivity index (χ1n) is 8.57. The molecule has 0 saturated heterocycles. The lowest BCUT2D eigenvalue weighted by Gasteiger charge is -2.18. The third kappa shape index (κ3) is 4.93. The molecule has 3 N–H and O–H groups in total. The quantitative estimate of drug-likeness (QED) is 0.503. The predicted molar refractivity (Wildman–Crippen MR) is 99.2 cm³/mol. The van der Waals surface area contributed by atoms with E-state index in [2.05, 4.69) is 35.4 Å². The molecule has 1 heterocycles. The maximum atomic E-state index is 12.0. The number of carbonyl (C=O) groups excluding carboxylic acids is 1. The van der Waals surface area contributed by atoms with Gasteiger partial charge >= 0.3 is 0 Å². The van der Waals surface area contributed by atoms with E-state index in [0.29, 0.717) is 5.69 Å². The smallest absolute Gasteiger partial charge is 0.287 e. The number of carbonyl (C=O) groups is 1. The maximum Gasteiger partial charge on any atom is 0.287 e. The summed E-state index contributed by atoms with van der Waals surface area (Å²) in [6.45, 7) is 9.25. The first kappa shape index (κ1) is 18.7. The van der Waals surface area contributed by atoms with E-state index in [4.69, 9.17) is 4.74 Å². The fourth-order valence-corrected chi connectivity index (χ4v) is 2.64. The van der Waals surface area contributed by atoms with E-state index in [-0.39, 0.29) is 5.91 Å². The summed E-state index contributed by atoms with van der Waals surface area (Å²) in [4.78, 5) is 16.3. The highest BCUT2D eigenvalue weighted by atomic mass is 16.5. The Hall–Kier alpha value is -2.60. The van der Waals surface area contributed by atoms with Crippen molar-refractivity contribution in [1.82, 2.24) is 10.4 Å². The van der Waals surface area contributed by atoms with Crippen LogP contribution in [0.25, 0.3) is 0 Å². The van der Waals surface area contributed by atoms with Gasteiger partial charge in [-0.25, -0.2) is 5.43 Å². The van der Waals surface area contributed by atoms with E-state index < -0.39 is 0 Å². The van der Waals surface area contributed by atoms with Crippen molar-refractivity contribution < 1.29 is 14.4 Å². The Bertz CT molecular complexity index is 719. The lowest BCUT2D eigenvalue weighted by atomic mass is 10.1. The van der Waals surface area contributed by atoms with Crippen LogP contribution in [-0.4, -0.2) is 36.8 Å². The monoisotopic (exact) mass is 343 g/mol.